The summed E-state index contributed by atoms with van der Waals surface area (Å²) in [6.45, 7) is -3.20. The number of fused-ring (bicyclic) bond motifs is 1. The second-order valence-corrected chi connectivity index (χ2v) is 8.21. The number of hydrogen-bond donors (Lipinski definition) is 1. The van der Waals surface area contributed by atoms with Crippen molar-refractivity contribution in [3.05, 3.63) is 59.1 Å². The Balaban J connectivity index is 1.77. The first-order valence-corrected chi connectivity index (χ1v) is 10.6. The van der Waals surface area contributed by atoms with Gasteiger partial charge in [-0.2, -0.15) is 19.0 Å². The highest BCUT2D eigenvalue weighted by Gasteiger charge is 2.22. The van der Waals surface area contributed by atoms with E-state index in [0.717, 1.165) is 0 Å². The van der Waals surface area contributed by atoms with Crippen LogP contribution < -0.4 is 10.1 Å². The number of likely N-dealkylation sites (N-methyl/N-ethyl adjacent to an activating group) is 1. The fraction of sp³-hybridized carbons (Fsp3) is 0.190. The van der Waals surface area contributed by atoms with Gasteiger partial charge in [-0.15, -0.1) is 0 Å². The third-order valence-corrected chi connectivity index (χ3v) is 5.24. The van der Waals surface area contributed by atoms with Crippen molar-refractivity contribution in [3.8, 4) is 17.0 Å². The number of alkyl halides is 2. The Morgan fingerprint density at radius 2 is 2.09 bits per heavy atom. The molecule has 0 fully saturated rings. The number of nitrogens with one attached hydrogen (secondary N) is 1. The summed E-state index contributed by atoms with van der Waals surface area (Å²) < 4.78 is 34.1. The molecule has 34 heavy (non-hydrogen) atoms. The smallest absolute Gasteiger partial charge is 0.387 e. The molecule has 0 bridgehead atoms. The first-order valence-electron chi connectivity index (χ1n) is 9.85. The Labute approximate surface area is 200 Å². The maximum atomic E-state index is 13.1. The molecule has 1 N–H and O–H groups in total. The largest absolute Gasteiger partial charge is 0.434 e. The Morgan fingerprint density at radius 1 is 1.29 bits per heavy atom. The predicted octanol–water partition coefficient (Wildman–Crippen LogP) is 3.30. The van der Waals surface area contributed by atoms with Gasteiger partial charge < -0.3 is 15.0 Å². The van der Waals surface area contributed by atoms with Gasteiger partial charge in [-0.3, -0.25) is 14.3 Å². The van der Waals surface area contributed by atoms with Crippen molar-refractivity contribution in [2.45, 2.75) is 13.2 Å². The number of carbonyl (C=O) groups is 2. The van der Waals surface area contributed by atoms with Gasteiger partial charge in [0.1, 0.15) is 23.6 Å². The monoisotopic (exact) mass is 533 g/mol. The molecule has 0 spiro atoms. The van der Waals surface area contributed by atoms with E-state index < -0.39 is 12.5 Å². The lowest BCUT2D eigenvalue weighted by molar-refractivity contribution is -0.129. The molecule has 0 aliphatic carbocycles. The fourth-order valence-electron chi connectivity index (χ4n) is 3.14. The van der Waals surface area contributed by atoms with Crippen LogP contribution in [0, 0.1) is 0 Å². The SMILES string of the molecule is CN(C)C(=O)Cn1cc(NC(=O)c2cnn3cccnc23)c(-c2cc(Br)ccc2OC(F)F)n1. The summed E-state index contributed by atoms with van der Waals surface area (Å²) >= 11 is 3.32. The zero-order chi connectivity index (χ0) is 24.4. The average molecular weight is 534 g/mol. The Kier molecular flexibility index (Phi) is 6.54. The second-order valence-electron chi connectivity index (χ2n) is 7.30. The van der Waals surface area contributed by atoms with Gasteiger partial charge in [0.15, 0.2) is 5.65 Å². The van der Waals surface area contributed by atoms with Crippen LogP contribution in [0.25, 0.3) is 16.9 Å². The van der Waals surface area contributed by atoms with Crippen LogP contribution in [-0.2, 0) is 11.3 Å². The molecule has 0 saturated heterocycles. The molecule has 0 aliphatic rings. The molecule has 1 aromatic carbocycles. The van der Waals surface area contributed by atoms with E-state index in [2.05, 4.69) is 41.2 Å². The molecular weight excluding hydrogens is 516 g/mol. The number of nitrogens with zero attached hydrogens (tertiary/aromatic N) is 6. The summed E-state index contributed by atoms with van der Waals surface area (Å²) in [5, 5.41) is 11.2. The number of benzene rings is 1. The fourth-order valence-corrected chi connectivity index (χ4v) is 3.50. The molecule has 2 amide bonds. The minimum Gasteiger partial charge on any atom is -0.434 e. The first kappa shape index (κ1) is 23.3. The lowest BCUT2D eigenvalue weighted by Gasteiger charge is -2.11. The molecule has 0 radical (unpaired) electrons. The van der Waals surface area contributed by atoms with Crippen LogP contribution in [0.3, 0.4) is 0 Å². The van der Waals surface area contributed by atoms with E-state index in [0.29, 0.717) is 10.1 Å². The van der Waals surface area contributed by atoms with Crippen molar-refractivity contribution in [3.63, 3.8) is 0 Å². The van der Waals surface area contributed by atoms with Crippen molar-refractivity contribution < 1.29 is 23.1 Å². The van der Waals surface area contributed by atoms with Crippen molar-refractivity contribution >= 4 is 39.1 Å². The van der Waals surface area contributed by atoms with Gasteiger partial charge in [0, 0.05) is 42.7 Å². The quantitative estimate of drug-likeness (QED) is 0.390. The normalized spacial score (nSPS) is 11.1. The minimum atomic E-state index is -3.07. The molecule has 13 heteroatoms. The van der Waals surface area contributed by atoms with E-state index in [-0.39, 0.29) is 40.7 Å². The molecule has 4 rings (SSSR count). The molecule has 176 valence electrons. The summed E-state index contributed by atoms with van der Waals surface area (Å²) in [4.78, 5) is 30.8. The Hall–Kier alpha value is -3.87. The van der Waals surface area contributed by atoms with Crippen LogP contribution in [0.15, 0.2) is 53.5 Å². The van der Waals surface area contributed by atoms with E-state index >= 15 is 0 Å². The van der Waals surface area contributed by atoms with Crippen LogP contribution in [0.1, 0.15) is 10.4 Å². The highest BCUT2D eigenvalue weighted by Crippen LogP contribution is 2.37. The number of aromatic nitrogens is 5. The van der Waals surface area contributed by atoms with Gasteiger partial charge in [-0.25, -0.2) is 9.50 Å². The van der Waals surface area contributed by atoms with E-state index in [1.165, 1.54) is 50.9 Å². The van der Waals surface area contributed by atoms with Gasteiger partial charge in [0.2, 0.25) is 5.91 Å². The van der Waals surface area contributed by atoms with Crippen LogP contribution in [0.2, 0.25) is 0 Å². The van der Waals surface area contributed by atoms with Gasteiger partial charge >= 0.3 is 6.61 Å². The second kappa shape index (κ2) is 9.55. The third-order valence-electron chi connectivity index (χ3n) is 4.74. The molecular formula is C21H18BrF2N7O3. The van der Waals surface area contributed by atoms with Crippen LogP contribution in [0.5, 0.6) is 5.75 Å². The number of rotatable bonds is 7. The van der Waals surface area contributed by atoms with Gasteiger partial charge in [-0.1, -0.05) is 15.9 Å². The molecule has 3 aromatic heterocycles. The number of halogens is 3. The van der Waals surface area contributed by atoms with E-state index in [1.54, 1.807) is 26.4 Å². The molecule has 4 aromatic rings. The number of hydrogen-bond acceptors (Lipinski definition) is 6. The van der Waals surface area contributed by atoms with Crippen LogP contribution in [0.4, 0.5) is 14.5 Å². The van der Waals surface area contributed by atoms with Crippen molar-refractivity contribution in [1.29, 1.82) is 0 Å². The van der Waals surface area contributed by atoms with Crippen molar-refractivity contribution in [1.82, 2.24) is 29.3 Å². The number of amides is 2. The van der Waals surface area contributed by atoms with Crippen molar-refractivity contribution in [2.75, 3.05) is 19.4 Å². The molecule has 0 atom stereocenters. The maximum absolute atomic E-state index is 13.1. The van der Waals surface area contributed by atoms with Gasteiger partial charge in [-0.05, 0) is 24.3 Å². The maximum Gasteiger partial charge on any atom is 0.387 e. The minimum absolute atomic E-state index is 0.132. The highest BCUT2D eigenvalue weighted by atomic mass is 79.9. The summed E-state index contributed by atoms with van der Waals surface area (Å²) in [6, 6.07) is 6.10. The molecule has 0 unspecified atom stereocenters. The molecule has 3 heterocycles. The summed E-state index contributed by atoms with van der Waals surface area (Å²) in [7, 11) is 3.19. The summed E-state index contributed by atoms with van der Waals surface area (Å²) in [5.41, 5.74) is 1.05. The van der Waals surface area contributed by atoms with Gasteiger partial charge in [0.25, 0.3) is 5.91 Å². The summed E-state index contributed by atoms with van der Waals surface area (Å²) in [5.74, 6) is -0.938. The van der Waals surface area contributed by atoms with Gasteiger partial charge in [0.05, 0.1) is 11.9 Å². The Bertz CT molecular complexity index is 1370. The molecule has 10 nitrogen and oxygen atoms in total. The lowest BCUT2D eigenvalue weighted by atomic mass is 10.1. The predicted molar refractivity (Wildman–Crippen MR) is 122 cm³/mol. The summed E-state index contributed by atoms with van der Waals surface area (Å²) in [6.07, 6.45) is 5.98. The van der Waals surface area contributed by atoms with E-state index in [4.69, 9.17) is 0 Å². The van der Waals surface area contributed by atoms with E-state index in [1.807, 2.05) is 0 Å². The number of anilines is 1. The average Bonchev–Trinajstić information content (AvgIpc) is 3.38. The zero-order valence-corrected chi connectivity index (χ0v) is 19.5. The van der Waals surface area contributed by atoms with Crippen LogP contribution in [-0.4, -0.2) is 61.8 Å². The first-order chi connectivity index (χ1) is 16.2. The molecule has 0 aliphatic heterocycles. The van der Waals surface area contributed by atoms with Crippen molar-refractivity contribution in [2.24, 2.45) is 0 Å². The standard InChI is InChI=1S/C21H18BrF2N7O3/c1-29(2)17(32)11-30-10-15(27-20(33)14-9-26-31-7-3-6-25-19(14)31)18(28-30)13-8-12(22)4-5-16(13)34-21(23)24/h3-10,21H,11H2,1-2H3,(H,27,33). The van der Waals surface area contributed by atoms with Crippen LogP contribution >= 0.6 is 15.9 Å². The van der Waals surface area contributed by atoms with E-state index in [9.17, 15) is 18.4 Å². The zero-order valence-electron chi connectivity index (χ0n) is 17.9. The number of ether oxygens (including phenoxy) is 1. The highest BCUT2D eigenvalue weighted by molar-refractivity contribution is 9.10. The topological polar surface area (TPSA) is 107 Å². The molecule has 0 saturated carbocycles. The number of carbonyl (C=O) groups excluding carboxylic acids is 2. The Morgan fingerprint density at radius 3 is 2.82 bits per heavy atom. The third kappa shape index (κ3) is 4.88. The lowest BCUT2D eigenvalue weighted by Crippen LogP contribution is -2.26.